The summed E-state index contributed by atoms with van der Waals surface area (Å²) < 4.78 is 28.1. The summed E-state index contributed by atoms with van der Waals surface area (Å²) in [4.78, 5) is 21.8. The Kier molecular flexibility index (Phi) is 7.57. The van der Waals surface area contributed by atoms with Gasteiger partial charge in [0.1, 0.15) is 36.1 Å². The lowest BCUT2D eigenvalue weighted by atomic mass is 9.98. The fraction of sp³-hybridized carbons (Fsp3) is 0.156. The normalized spacial score (nSPS) is 20.9. The van der Waals surface area contributed by atoms with Crippen LogP contribution in [0.2, 0.25) is 5.02 Å². The predicted molar refractivity (Wildman–Crippen MR) is 155 cm³/mol. The van der Waals surface area contributed by atoms with E-state index >= 15 is 0 Å². The van der Waals surface area contributed by atoms with Crippen molar-refractivity contribution in [2.24, 2.45) is 0 Å². The van der Waals surface area contributed by atoms with E-state index in [-0.39, 0.29) is 16.1 Å². The summed E-state index contributed by atoms with van der Waals surface area (Å²) in [5.41, 5.74) is 3.36. The average Bonchev–Trinajstić information content (AvgIpc) is 3.58. The number of nitrogens with zero attached hydrogens (tertiary/aromatic N) is 3. The van der Waals surface area contributed by atoms with Gasteiger partial charge >= 0.3 is 5.97 Å². The lowest BCUT2D eigenvalue weighted by Crippen LogP contribution is -2.36. The van der Waals surface area contributed by atoms with Crippen LogP contribution in [0.4, 0.5) is 4.39 Å². The van der Waals surface area contributed by atoms with E-state index in [1.165, 1.54) is 18.5 Å². The van der Waals surface area contributed by atoms with Crippen molar-refractivity contribution in [2.75, 3.05) is 0 Å². The molecule has 1 fully saturated rings. The van der Waals surface area contributed by atoms with E-state index < -0.39 is 42.4 Å². The fourth-order valence-electron chi connectivity index (χ4n) is 5.15. The van der Waals surface area contributed by atoms with Crippen molar-refractivity contribution in [3.05, 3.63) is 126 Å². The summed E-state index contributed by atoms with van der Waals surface area (Å²) in [6.45, 7) is 3.76. The molecule has 212 valence electrons. The minimum absolute atomic E-state index is 0.123. The van der Waals surface area contributed by atoms with E-state index in [9.17, 15) is 19.4 Å². The standard InChI is InChI=1S/C32H25ClFN3O5/c1-2-25-22-14-15-37(30(22)36-17-35-25)31-27(39)26(38)29(41-31)28(21-12-13-23(33)24(34)16-21)42-32(40)20-10-8-19(9-11-20)18-6-4-3-5-7-18/h2-17,26-29,31,38-39H,1H2/t26-,27+,28+,29-,31+/m0/s1. The number of aromatic nitrogens is 3. The number of halogens is 2. The third kappa shape index (κ3) is 5.08. The van der Waals surface area contributed by atoms with Crippen LogP contribution in [0.15, 0.2) is 98.0 Å². The van der Waals surface area contributed by atoms with Crippen LogP contribution in [0.5, 0.6) is 0 Å². The number of esters is 1. The predicted octanol–water partition coefficient (Wildman–Crippen LogP) is 5.75. The third-order valence-electron chi connectivity index (χ3n) is 7.32. The first-order valence-electron chi connectivity index (χ1n) is 13.1. The van der Waals surface area contributed by atoms with Gasteiger partial charge in [0.05, 0.1) is 16.3 Å². The van der Waals surface area contributed by atoms with Crippen LogP contribution in [-0.4, -0.2) is 49.0 Å². The first-order chi connectivity index (χ1) is 20.4. The molecule has 8 nitrogen and oxygen atoms in total. The fourth-order valence-corrected chi connectivity index (χ4v) is 5.27. The maximum Gasteiger partial charge on any atom is 0.338 e. The number of aliphatic hydroxyl groups is 2. The van der Waals surface area contributed by atoms with Crippen LogP contribution in [-0.2, 0) is 9.47 Å². The molecule has 6 rings (SSSR count). The van der Waals surface area contributed by atoms with Gasteiger partial charge in [0, 0.05) is 11.6 Å². The number of ether oxygens (including phenoxy) is 2. The Morgan fingerprint density at radius 3 is 2.48 bits per heavy atom. The number of aliphatic hydroxyl groups excluding tert-OH is 2. The second-order valence-corrected chi connectivity index (χ2v) is 10.2. The van der Waals surface area contributed by atoms with Crippen molar-refractivity contribution in [2.45, 2.75) is 30.6 Å². The minimum Gasteiger partial charge on any atom is -0.451 e. The molecule has 5 atom stereocenters. The number of carbonyl (C=O) groups excluding carboxylic acids is 1. The molecular weight excluding hydrogens is 561 g/mol. The zero-order valence-corrected chi connectivity index (χ0v) is 22.8. The Bertz CT molecular complexity index is 1760. The van der Waals surface area contributed by atoms with Crippen molar-refractivity contribution in [3.63, 3.8) is 0 Å². The summed E-state index contributed by atoms with van der Waals surface area (Å²) in [6.07, 6.45) is -2.03. The third-order valence-corrected chi connectivity index (χ3v) is 7.62. The van der Waals surface area contributed by atoms with Crippen molar-refractivity contribution in [1.82, 2.24) is 14.5 Å². The number of hydrogen-bond donors (Lipinski definition) is 2. The molecule has 0 aliphatic carbocycles. The average molecular weight is 586 g/mol. The molecule has 0 bridgehead atoms. The molecule has 0 spiro atoms. The van der Waals surface area contributed by atoms with Gasteiger partial charge in [-0.05, 0) is 53.1 Å². The van der Waals surface area contributed by atoms with Gasteiger partial charge in [-0.1, -0.05) is 66.7 Å². The second kappa shape index (κ2) is 11.5. The molecule has 0 unspecified atom stereocenters. The molecule has 2 N–H and O–H groups in total. The highest BCUT2D eigenvalue weighted by molar-refractivity contribution is 6.30. The zero-order valence-electron chi connectivity index (χ0n) is 22.0. The van der Waals surface area contributed by atoms with Crippen LogP contribution in [0.3, 0.4) is 0 Å². The molecule has 1 saturated heterocycles. The molecule has 42 heavy (non-hydrogen) atoms. The number of benzene rings is 3. The molecule has 1 aliphatic heterocycles. The first-order valence-corrected chi connectivity index (χ1v) is 13.5. The van der Waals surface area contributed by atoms with Gasteiger partial charge < -0.3 is 24.3 Å². The monoisotopic (exact) mass is 585 g/mol. The van der Waals surface area contributed by atoms with Gasteiger partial charge in [0.25, 0.3) is 0 Å². The molecule has 1 aliphatic rings. The van der Waals surface area contributed by atoms with Crippen molar-refractivity contribution in [3.8, 4) is 11.1 Å². The molecule has 5 aromatic rings. The van der Waals surface area contributed by atoms with Gasteiger partial charge in [-0.15, -0.1) is 0 Å². The Morgan fingerprint density at radius 2 is 1.76 bits per heavy atom. The van der Waals surface area contributed by atoms with Gasteiger partial charge in [-0.2, -0.15) is 0 Å². The number of hydrogen-bond acceptors (Lipinski definition) is 7. The smallest absolute Gasteiger partial charge is 0.338 e. The molecular formula is C32H25ClFN3O5. The van der Waals surface area contributed by atoms with Gasteiger partial charge in [0.15, 0.2) is 12.3 Å². The van der Waals surface area contributed by atoms with Crippen LogP contribution in [0.1, 0.15) is 33.9 Å². The summed E-state index contributed by atoms with van der Waals surface area (Å²) in [6, 6.07) is 22.2. The van der Waals surface area contributed by atoms with E-state index in [4.69, 9.17) is 21.1 Å². The maximum atomic E-state index is 14.6. The maximum absolute atomic E-state index is 14.6. The Hall–Kier alpha value is -4.41. The van der Waals surface area contributed by atoms with E-state index in [2.05, 4.69) is 16.5 Å². The molecule has 0 saturated carbocycles. The van der Waals surface area contributed by atoms with Gasteiger partial charge in [0.2, 0.25) is 0 Å². The van der Waals surface area contributed by atoms with Gasteiger partial charge in [-0.25, -0.2) is 19.2 Å². The van der Waals surface area contributed by atoms with E-state index in [0.717, 1.165) is 17.2 Å². The molecule has 0 radical (unpaired) electrons. The minimum atomic E-state index is -1.51. The number of fused-ring (bicyclic) bond motifs is 1. The Balaban J connectivity index is 1.32. The topological polar surface area (TPSA) is 107 Å². The lowest BCUT2D eigenvalue weighted by Gasteiger charge is -2.26. The van der Waals surface area contributed by atoms with E-state index in [0.29, 0.717) is 16.7 Å². The van der Waals surface area contributed by atoms with Crippen molar-refractivity contribution < 1.29 is 28.9 Å². The van der Waals surface area contributed by atoms with Crippen LogP contribution >= 0.6 is 11.6 Å². The zero-order chi connectivity index (χ0) is 29.4. The highest BCUT2D eigenvalue weighted by Gasteiger charge is 2.49. The quantitative estimate of drug-likeness (QED) is 0.234. The molecule has 3 heterocycles. The van der Waals surface area contributed by atoms with Crippen LogP contribution in [0.25, 0.3) is 28.2 Å². The van der Waals surface area contributed by atoms with Crippen molar-refractivity contribution >= 4 is 34.7 Å². The lowest BCUT2D eigenvalue weighted by molar-refractivity contribution is -0.0916. The SMILES string of the molecule is C=Cc1ncnc2c1ccn2[C@@H]1O[C@H]([C@H](OC(=O)c2ccc(-c3ccccc3)cc2)c2ccc(Cl)c(F)c2)[C@@H](O)[C@H]1O. The molecule has 3 aromatic carbocycles. The first kappa shape index (κ1) is 27.7. The number of carbonyl (C=O) groups is 1. The number of rotatable bonds is 7. The Labute approximate surface area is 245 Å². The summed E-state index contributed by atoms with van der Waals surface area (Å²) >= 11 is 5.91. The van der Waals surface area contributed by atoms with Gasteiger partial charge in [-0.3, -0.25) is 0 Å². The van der Waals surface area contributed by atoms with Crippen LogP contribution < -0.4 is 0 Å². The Morgan fingerprint density at radius 1 is 1.02 bits per heavy atom. The molecule has 2 aromatic heterocycles. The van der Waals surface area contributed by atoms with E-state index in [1.807, 2.05) is 30.3 Å². The highest BCUT2D eigenvalue weighted by atomic mass is 35.5. The summed E-state index contributed by atoms with van der Waals surface area (Å²) in [5, 5.41) is 22.8. The van der Waals surface area contributed by atoms with Crippen molar-refractivity contribution in [1.29, 1.82) is 0 Å². The van der Waals surface area contributed by atoms with Crippen LogP contribution in [0, 0.1) is 5.82 Å². The second-order valence-electron chi connectivity index (χ2n) is 9.84. The summed E-state index contributed by atoms with van der Waals surface area (Å²) in [5.74, 6) is -1.46. The molecule has 10 heteroatoms. The summed E-state index contributed by atoms with van der Waals surface area (Å²) in [7, 11) is 0. The van der Waals surface area contributed by atoms with E-state index in [1.54, 1.807) is 47.2 Å². The molecule has 0 amide bonds. The highest BCUT2D eigenvalue weighted by Crippen LogP contribution is 2.40. The largest absolute Gasteiger partial charge is 0.451 e.